The fraction of sp³-hybridized carbons (Fsp3) is 0.412. The number of hydrogen-bond donors (Lipinski definition) is 1. The monoisotopic (exact) mass is 334 g/mol. The number of aromatic nitrogens is 1. The molecule has 1 amide bonds. The molecule has 0 radical (unpaired) electrons. The van der Waals surface area contributed by atoms with Crippen molar-refractivity contribution in [3.8, 4) is 11.5 Å². The van der Waals surface area contributed by atoms with Crippen LogP contribution >= 0.6 is 11.3 Å². The van der Waals surface area contributed by atoms with Crippen LogP contribution in [0.2, 0.25) is 0 Å². The van der Waals surface area contributed by atoms with Gasteiger partial charge in [0, 0.05) is 10.4 Å². The van der Waals surface area contributed by atoms with Crippen molar-refractivity contribution in [2.24, 2.45) is 0 Å². The Morgan fingerprint density at radius 2 is 1.83 bits per heavy atom. The Hall–Kier alpha value is -2.08. The predicted octanol–water partition coefficient (Wildman–Crippen LogP) is 3.44. The van der Waals surface area contributed by atoms with Crippen molar-refractivity contribution in [1.29, 1.82) is 0 Å². The molecule has 0 unspecified atom stereocenters. The van der Waals surface area contributed by atoms with Gasteiger partial charge in [0.15, 0.2) is 11.5 Å². The Morgan fingerprint density at radius 1 is 1.17 bits per heavy atom. The lowest BCUT2D eigenvalue weighted by atomic mass is 10.1. The van der Waals surface area contributed by atoms with E-state index in [9.17, 15) is 4.79 Å². The molecule has 1 aromatic heterocycles. The van der Waals surface area contributed by atoms with Crippen LogP contribution in [0, 0.1) is 13.8 Å². The van der Waals surface area contributed by atoms with Crippen LogP contribution < -0.4 is 14.8 Å². The second-order valence-electron chi connectivity index (χ2n) is 5.81. The standard InChI is InChI=1S/C17H22N2O3S/c1-10-11(2)23-16(18-10)17(3,4)19-15(20)12-7-8-13(21-5)14(9-12)22-6/h7-9H,1-6H3,(H,19,20). The summed E-state index contributed by atoms with van der Waals surface area (Å²) >= 11 is 1.60. The summed E-state index contributed by atoms with van der Waals surface area (Å²) in [5.41, 5.74) is 0.965. The molecule has 2 rings (SSSR count). The van der Waals surface area contributed by atoms with Crippen molar-refractivity contribution >= 4 is 17.2 Å². The molecule has 1 heterocycles. The van der Waals surface area contributed by atoms with Gasteiger partial charge in [0.05, 0.1) is 25.5 Å². The summed E-state index contributed by atoms with van der Waals surface area (Å²) in [5, 5.41) is 3.92. The molecule has 2 aromatic rings. The number of nitrogens with one attached hydrogen (secondary N) is 1. The molecule has 0 aliphatic carbocycles. The van der Waals surface area contributed by atoms with Gasteiger partial charge in [-0.15, -0.1) is 11.3 Å². The number of methoxy groups -OCH3 is 2. The minimum Gasteiger partial charge on any atom is -0.493 e. The van der Waals surface area contributed by atoms with Gasteiger partial charge >= 0.3 is 0 Å². The fourth-order valence-corrected chi connectivity index (χ4v) is 3.10. The SMILES string of the molecule is COc1ccc(C(=O)NC(C)(C)c2nc(C)c(C)s2)cc1OC. The van der Waals surface area contributed by atoms with E-state index in [4.69, 9.17) is 9.47 Å². The van der Waals surface area contributed by atoms with E-state index in [1.54, 1.807) is 43.8 Å². The molecule has 0 aliphatic heterocycles. The molecular weight excluding hydrogens is 312 g/mol. The first-order chi connectivity index (χ1) is 10.8. The molecule has 0 fully saturated rings. The molecule has 0 atom stereocenters. The molecule has 0 aliphatic rings. The second-order valence-corrected chi connectivity index (χ2v) is 7.01. The fourth-order valence-electron chi connectivity index (χ4n) is 2.13. The molecule has 5 nitrogen and oxygen atoms in total. The summed E-state index contributed by atoms with van der Waals surface area (Å²) < 4.78 is 10.4. The summed E-state index contributed by atoms with van der Waals surface area (Å²) in [6, 6.07) is 5.10. The number of nitrogens with zero attached hydrogens (tertiary/aromatic N) is 1. The van der Waals surface area contributed by atoms with Crippen LogP contribution in [0.1, 0.15) is 39.8 Å². The van der Waals surface area contributed by atoms with Crippen LogP contribution in [0.3, 0.4) is 0 Å². The normalized spacial score (nSPS) is 11.2. The lowest BCUT2D eigenvalue weighted by Crippen LogP contribution is -2.41. The van der Waals surface area contributed by atoms with Crippen molar-refractivity contribution in [3.05, 3.63) is 39.3 Å². The third-order valence-electron chi connectivity index (χ3n) is 3.63. The Kier molecular flexibility index (Phi) is 4.94. The van der Waals surface area contributed by atoms with Gasteiger partial charge in [-0.2, -0.15) is 0 Å². The summed E-state index contributed by atoms with van der Waals surface area (Å²) in [6.07, 6.45) is 0. The average Bonchev–Trinajstić information content (AvgIpc) is 2.86. The first kappa shape index (κ1) is 17.3. The molecule has 23 heavy (non-hydrogen) atoms. The summed E-state index contributed by atoms with van der Waals surface area (Å²) in [6.45, 7) is 7.90. The predicted molar refractivity (Wildman–Crippen MR) is 91.6 cm³/mol. The number of carbonyl (C=O) groups excluding carboxylic acids is 1. The van der Waals surface area contributed by atoms with Gasteiger partial charge in [-0.25, -0.2) is 4.98 Å². The zero-order valence-corrected chi connectivity index (χ0v) is 15.1. The quantitative estimate of drug-likeness (QED) is 0.910. The van der Waals surface area contributed by atoms with Gasteiger partial charge in [0.1, 0.15) is 5.01 Å². The number of hydrogen-bond acceptors (Lipinski definition) is 5. The van der Waals surface area contributed by atoms with Crippen LogP contribution in [0.25, 0.3) is 0 Å². The molecule has 1 aromatic carbocycles. The highest BCUT2D eigenvalue weighted by atomic mass is 32.1. The van der Waals surface area contributed by atoms with Crippen molar-refractivity contribution in [1.82, 2.24) is 10.3 Å². The molecular formula is C17H22N2O3S. The molecule has 6 heteroatoms. The highest BCUT2D eigenvalue weighted by molar-refractivity contribution is 7.11. The Balaban J connectivity index is 2.24. The average molecular weight is 334 g/mol. The molecule has 0 bridgehead atoms. The van der Waals surface area contributed by atoms with Gasteiger partial charge < -0.3 is 14.8 Å². The van der Waals surface area contributed by atoms with E-state index in [1.807, 2.05) is 27.7 Å². The summed E-state index contributed by atoms with van der Waals surface area (Å²) in [7, 11) is 3.11. The Morgan fingerprint density at radius 3 is 2.35 bits per heavy atom. The van der Waals surface area contributed by atoms with E-state index in [0.717, 1.165) is 15.6 Å². The maximum Gasteiger partial charge on any atom is 0.252 e. The van der Waals surface area contributed by atoms with Gasteiger partial charge in [0.2, 0.25) is 0 Å². The topological polar surface area (TPSA) is 60.5 Å². The van der Waals surface area contributed by atoms with Crippen LogP contribution in [-0.2, 0) is 5.54 Å². The van der Waals surface area contributed by atoms with E-state index in [0.29, 0.717) is 17.1 Å². The Bertz CT molecular complexity index is 703. The lowest BCUT2D eigenvalue weighted by Gasteiger charge is -2.24. The molecule has 0 saturated carbocycles. The maximum atomic E-state index is 12.6. The van der Waals surface area contributed by atoms with E-state index in [2.05, 4.69) is 10.3 Å². The molecule has 124 valence electrons. The highest BCUT2D eigenvalue weighted by Crippen LogP contribution is 2.30. The molecule has 0 saturated heterocycles. The number of thiazole rings is 1. The van der Waals surface area contributed by atoms with Crippen molar-refractivity contribution in [3.63, 3.8) is 0 Å². The van der Waals surface area contributed by atoms with Crippen LogP contribution in [0.15, 0.2) is 18.2 Å². The van der Waals surface area contributed by atoms with E-state index < -0.39 is 5.54 Å². The minimum absolute atomic E-state index is 0.179. The van der Waals surface area contributed by atoms with Crippen LogP contribution in [-0.4, -0.2) is 25.1 Å². The van der Waals surface area contributed by atoms with Crippen molar-refractivity contribution < 1.29 is 14.3 Å². The van der Waals surface area contributed by atoms with E-state index >= 15 is 0 Å². The number of rotatable bonds is 5. The van der Waals surface area contributed by atoms with Crippen molar-refractivity contribution in [2.75, 3.05) is 14.2 Å². The van der Waals surface area contributed by atoms with Gasteiger partial charge in [-0.1, -0.05) is 0 Å². The largest absolute Gasteiger partial charge is 0.493 e. The maximum absolute atomic E-state index is 12.6. The van der Waals surface area contributed by atoms with Crippen LogP contribution in [0.4, 0.5) is 0 Å². The molecule has 1 N–H and O–H groups in total. The summed E-state index contributed by atoms with van der Waals surface area (Å²) in [5.74, 6) is 0.940. The summed E-state index contributed by atoms with van der Waals surface area (Å²) in [4.78, 5) is 18.3. The number of ether oxygens (including phenoxy) is 2. The number of carbonyl (C=O) groups is 1. The van der Waals surface area contributed by atoms with Crippen molar-refractivity contribution in [2.45, 2.75) is 33.2 Å². The second kappa shape index (κ2) is 6.58. The zero-order chi connectivity index (χ0) is 17.2. The first-order valence-electron chi connectivity index (χ1n) is 7.27. The van der Waals surface area contributed by atoms with Gasteiger partial charge in [-0.3, -0.25) is 4.79 Å². The third kappa shape index (κ3) is 3.64. The zero-order valence-electron chi connectivity index (χ0n) is 14.3. The van der Waals surface area contributed by atoms with E-state index in [1.165, 1.54) is 0 Å². The third-order valence-corrected chi connectivity index (χ3v) is 5.03. The minimum atomic E-state index is -0.548. The van der Waals surface area contributed by atoms with Crippen LogP contribution in [0.5, 0.6) is 11.5 Å². The number of benzene rings is 1. The van der Waals surface area contributed by atoms with Gasteiger partial charge in [0.25, 0.3) is 5.91 Å². The van der Waals surface area contributed by atoms with E-state index in [-0.39, 0.29) is 5.91 Å². The van der Waals surface area contributed by atoms with Gasteiger partial charge in [-0.05, 0) is 45.9 Å². The highest BCUT2D eigenvalue weighted by Gasteiger charge is 2.27. The number of amides is 1. The number of aryl methyl sites for hydroxylation is 2. The first-order valence-corrected chi connectivity index (χ1v) is 8.09. The smallest absolute Gasteiger partial charge is 0.252 e. The Labute approximate surface area is 140 Å². The lowest BCUT2D eigenvalue weighted by molar-refractivity contribution is 0.0911. The molecule has 0 spiro atoms.